The number of nitrogens with one attached hydrogen (secondary N) is 2. The summed E-state index contributed by atoms with van der Waals surface area (Å²) < 4.78 is 0. The number of rotatable bonds is 4. The number of aliphatic hydroxyl groups excluding tert-OH is 1. The van der Waals surface area contributed by atoms with Crippen LogP contribution in [0.2, 0.25) is 0 Å². The normalized spacial score (nSPS) is 16.4. The Morgan fingerprint density at radius 3 is 2.71 bits per heavy atom. The topological polar surface area (TPSA) is 61.4 Å². The molecule has 4 nitrogen and oxygen atoms in total. The third-order valence-corrected chi connectivity index (χ3v) is 3.31. The Balaban J connectivity index is 1.83. The molecular weight excluding hydrogens is 216 g/mol. The van der Waals surface area contributed by atoms with Crippen LogP contribution in [-0.4, -0.2) is 24.3 Å². The van der Waals surface area contributed by atoms with E-state index in [1.54, 1.807) is 0 Å². The smallest absolute Gasteiger partial charge is 0.319 e. The number of carbonyl (C=O) groups excluding carboxylic acids is 1. The first-order valence-electron chi connectivity index (χ1n) is 5.87. The summed E-state index contributed by atoms with van der Waals surface area (Å²) in [7, 11) is 0. The molecule has 1 aliphatic rings. The largest absolute Gasteiger partial charge is 0.396 e. The van der Waals surface area contributed by atoms with Crippen molar-refractivity contribution in [3.05, 3.63) is 29.8 Å². The molecule has 0 atom stereocenters. The maximum Gasteiger partial charge on any atom is 0.319 e. The monoisotopic (exact) mass is 234 g/mol. The molecule has 0 radical (unpaired) electrons. The predicted octanol–water partition coefficient (Wildman–Crippen LogP) is 1.89. The Labute approximate surface area is 101 Å². The highest BCUT2D eigenvalue weighted by atomic mass is 16.3. The number of benzene rings is 1. The molecule has 0 unspecified atom stereocenters. The summed E-state index contributed by atoms with van der Waals surface area (Å²) >= 11 is 0. The van der Waals surface area contributed by atoms with E-state index in [1.807, 2.05) is 31.2 Å². The van der Waals surface area contributed by atoms with Gasteiger partial charge < -0.3 is 15.7 Å². The first kappa shape index (κ1) is 11.9. The molecule has 1 aromatic rings. The van der Waals surface area contributed by atoms with Gasteiger partial charge in [0.25, 0.3) is 0 Å². The summed E-state index contributed by atoms with van der Waals surface area (Å²) in [6.07, 6.45) is 1.99. The predicted molar refractivity (Wildman–Crippen MR) is 67.0 cm³/mol. The van der Waals surface area contributed by atoms with Gasteiger partial charge in [-0.2, -0.15) is 0 Å². The van der Waals surface area contributed by atoms with Crippen molar-refractivity contribution in [1.82, 2.24) is 5.32 Å². The van der Waals surface area contributed by atoms with Gasteiger partial charge in [0.05, 0.1) is 6.61 Å². The van der Waals surface area contributed by atoms with Crippen molar-refractivity contribution in [3.8, 4) is 0 Å². The van der Waals surface area contributed by atoms with Crippen molar-refractivity contribution in [3.63, 3.8) is 0 Å². The van der Waals surface area contributed by atoms with Gasteiger partial charge in [0.2, 0.25) is 0 Å². The van der Waals surface area contributed by atoms with E-state index in [2.05, 4.69) is 10.6 Å². The zero-order chi connectivity index (χ0) is 12.3. The van der Waals surface area contributed by atoms with Gasteiger partial charge in [0.1, 0.15) is 0 Å². The Bertz CT molecular complexity index is 414. The molecule has 1 aliphatic carbocycles. The minimum absolute atomic E-state index is 0.0525. The maximum atomic E-state index is 11.7. The molecule has 2 rings (SSSR count). The van der Waals surface area contributed by atoms with Gasteiger partial charge in [0, 0.05) is 17.6 Å². The number of aliphatic hydroxyl groups is 1. The van der Waals surface area contributed by atoms with Crippen LogP contribution < -0.4 is 10.6 Å². The molecule has 3 N–H and O–H groups in total. The molecule has 0 heterocycles. The zero-order valence-electron chi connectivity index (χ0n) is 9.99. The van der Waals surface area contributed by atoms with Crippen molar-refractivity contribution in [1.29, 1.82) is 0 Å². The second-order valence-corrected chi connectivity index (χ2v) is 4.78. The van der Waals surface area contributed by atoms with Crippen LogP contribution in [0, 0.1) is 12.3 Å². The molecule has 1 saturated carbocycles. The maximum absolute atomic E-state index is 11.7. The first-order chi connectivity index (χ1) is 8.15. The number of anilines is 1. The van der Waals surface area contributed by atoms with Crippen LogP contribution in [0.15, 0.2) is 24.3 Å². The molecule has 2 amide bonds. The molecule has 1 fully saturated rings. The van der Waals surface area contributed by atoms with E-state index in [4.69, 9.17) is 5.11 Å². The average Bonchev–Trinajstić information content (AvgIpc) is 3.10. The second kappa shape index (κ2) is 4.75. The minimum Gasteiger partial charge on any atom is -0.396 e. The average molecular weight is 234 g/mol. The summed E-state index contributed by atoms with van der Waals surface area (Å²) in [4.78, 5) is 11.7. The van der Waals surface area contributed by atoms with Crippen molar-refractivity contribution in [2.75, 3.05) is 18.5 Å². The minimum atomic E-state index is -0.209. The number of carbonyl (C=O) groups is 1. The summed E-state index contributed by atoms with van der Waals surface area (Å²) in [5.41, 5.74) is 1.80. The fourth-order valence-corrected chi connectivity index (χ4v) is 1.72. The van der Waals surface area contributed by atoms with Gasteiger partial charge in [0.15, 0.2) is 0 Å². The number of aryl methyl sites for hydroxylation is 1. The van der Waals surface area contributed by atoms with Gasteiger partial charge in [-0.1, -0.05) is 18.2 Å². The number of para-hydroxylation sites is 1. The van der Waals surface area contributed by atoms with Gasteiger partial charge in [-0.3, -0.25) is 0 Å². The van der Waals surface area contributed by atoms with Crippen molar-refractivity contribution >= 4 is 11.7 Å². The van der Waals surface area contributed by atoms with E-state index in [0.29, 0.717) is 6.54 Å². The first-order valence-corrected chi connectivity index (χ1v) is 5.87. The fraction of sp³-hybridized carbons (Fsp3) is 0.462. The van der Waals surface area contributed by atoms with Crippen LogP contribution in [0.1, 0.15) is 18.4 Å². The Kier molecular flexibility index (Phi) is 3.33. The third kappa shape index (κ3) is 2.97. The third-order valence-electron chi connectivity index (χ3n) is 3.31. The highest BCUT2D eigenvalue weighted by Gasteiger charge is 2.42. The molecule has 4 heteroatoms. The Morgan fingerprint density at radius 1 is 1.41 bits per heavy atom. The summed E-state index contributed by atoms with van der Waals surface area (Å²) in [6.45, 7) is 2.64. The van der Waals surface area contributed by atoms with Crippen LogP contribution in [0.5, 0.6) is 0 Å². The lowest BCUT2D eigenvalue weighted by Crippen LogP contribution is -2.35. The zero-order valence-corrected chi connectivity index (χ0v) is 9.99. The van der Waals surface area contributed by atoms with Gasteiger partial charge in [-0.25, -0.2) is 4.79 Å². The molecule has 0 saturated heterocycles. The standard InChI is InChI=1S/C13H18N2O2/c1-10-4-2-3-5-11(10)15-12(17)14-8-13(9-16)6-7-13/h2-5,16H,6-9H2,1H3,(H2,14,15,17). The highest BCUT2D eigenvalue weighted by molar-refractivity contribution is 5.90. The van der Waals surface area contributed by atoms with E-state index in [9.17, 15) is 4.79 Å². The van der Waals surface area contributed by atoms with Crippen molar-refractivity contribution < 1.29 is 9.90 Å². The Morgan fingerprint density at radius 2 is 2.12 bits per heavy atom. The van der Waals surface area contributed by atoms with Gasteiger partial charge in [-0.05, 0) is 31.4 Å². The lowest BCUT2D eigenvalue weighted by atomic mass is 10.1. The van der Waals surface area contributed by atoms with E-state index in [0.717, 1.165) is 24.1 Å². The number of hydrogen-bond acceptors (Lipinski definition) is 2. The highest BCUT2D eigenvalue weighted by Crippen LogP contribution is 2.44. The summed E-state index contributed by atoms with van der Waals surface area (Å²) in [5, 5.41) is 14.7. The van der Waals surface area contributed by atoms with Crippen LogP contribution >= 0.6 is 0 Å². The van der Waals surface area contributed by atoms with E-state index < -0.39 is 0 Å². The molecule has 0 aliphatic heterocycles. The molecule has 0 aromatic heterocycles. The SMILES string of the molecule is Cc1ccccc1NC(=O)NCC1(CO)CC1. The van der Waals surface area contributed by atoms with Crippen LogP contribution in [0.3, 0.4) is 0 Å². The molecular formula is C13H18N2O2. The van der Waals surface area contributed by atoms with Gasteiger partial charge >= 0.3 is 6.03 Å². The van der Waals surface area contributed by atoms with E-state index in [-0.39, 0.29) is 18.1 Å². The summed E-state index contributed by atoms with van der Waals surface area (Å²) in [6, 6.07) is 7.43. The van der Waals surface area contributed by atoms with Crippen LogP contribution in [0.25, 0.3) is 0 Å². The quantitative estimate of drug-likeness (QED) is 0.745. The van der Waals surface area contributed by atoms with Crippen LogP contribution in [0.4, 0.5) is 10.5 Å². The van der Waals surface area contributed by atoms with E-state index in [1.165, 1.54) is 0 Å². The second-order valence-electron chi connectivity index (χ2n) is 4.78. The van der Waals surface area contributed by atoms with Gasteiger partial charge in [-0.15, -0.1) is 0 Å². The lowest BCUT2D eigenvalue weighted by molar-refractivity contribution is 0.206. The molecule has 0 bridgehead atoms. The van der Waals surface area contributed by atoms with Crippen molar-refractivity contribution in [2.45, 2.75) is 19.8 Å². The van der Waals surface area contributed by atoms with E-state index >= 15 is 0 Å². The summed E-state index contributed by atoms with van der Waals surface area (Å²) in [5.74, 6) is 0. The Hall–Kier alpha value is -1.55. The molecule has 1 aromatic carbocycles. The number of amides is 2. The van der Waals surface area contributed by atoms with Crippen LogP contribution in [-0.2, 0) is 0 Å². The number of hydrogen-bond donors (Lipinski definition) is 3. The fourth-order valence-electron chi connectivity index (χ4n) is 1.72. The molecule has 17 heavy (non-hydrogen) atoms. The molecule has 92 valence electrons. The molecule has 0 spiro atoms. The van der Waals surface area contributed by atoms with Crippen molar-refractivity contribution in [2.24, 2.45) is 5.41 Å². The lowest BCUT2D eigenvalue weighted by Gasteiger charge is -2.14. The number of urea groups is 1.